The van der Waals surface area contributed by atoms with Crippen LogP contribution in [0.3, 0.4) is 0 Å². The second kappa shape index (κ2) is 6.78. The maximum Gasteiger partial charge on any atom is 0.125 e. The molecule has 0 aliphatic carbocycles. The predicted molar refractivity (Wildman–Crippen MR) is 111 cm³/mol. The number of rotatable bonds is 4. The van der Waals surface area contributed by atoms with Gasteiger partial charge in [-0.1, -0.05) is 46.3 Å². The van der Waals surface area contributed by atoms with Gasteiger partial charge in [-0.05, 0) is 53.4 Å². The van der Waals surface area contributed by atoms with E-state index in [-0.39, 0.29) is 12.4 Å². The summed E-state index contributed by atoms with van der Waals surface area (Å²) in [6, 6.07) is 18.1. The number of hydrogen-bond acceptors (Lipinski definition) is 2. The van der Waals surface area contributed by atoms with Gasteiger partial charge in [-0.3, -0.25) is 0 Å². The first-order chi connectivity index (χ1) is 12.6. The Morgan fingerprint density at radius 3 is 2.58 bits per heavy atom. The minimum atomic E-state index is 0.149. The van der Waals surface area contributed by atoms with Gasteiger partial charge < -0.3 is 14.8 Å². The molecule has 26 heavy (non-hydrogen) atoms. The lowest BCUT2D eigenvalue weighted by molar-refractivity contribution is 0.289. The first-order valence-electron chi connectivity index (χ1n) is 8.70. The van der Waals surface area contributed by atoms with Crippen molar-refractivity contribution >= 4 is 37.6 Å². The van der Waals surface area contributed by atoms with Crippen LogP contribution in [0.2, 0.25) is 0 Å². The number of aliphatic hydroxyl groups excluding tert-OH is 1. The van der Waals surface area contributed by atoms with Crippen molar-refractivity contribution in [1.29, 1.82) is 0 Å². The van der Waals surface area contributed by atoms with Crippen molar-refractivity contribution in [3.05, 3.63) is 64.6 Å². The summed E-state index contributed by atoms with van der Waals surface area (Å²) in [4.78, 5) is 0. The maximum absolute atomic E-state index is 10.8. The Kier molecular flexibility index (Phi) is 4.47. The summed E-state index contributed by atoms with van der Waals surface area (Å²) in [6.45, 7) is 0.149. The number of benzene rings is 3. The average molecular weight is 410 g/mol. The van der Waals surface area contributed by atoms with Gasteiger partial charge in [0.25, 0.3) is 0 Å². The smallest absolute Gasteiger partial charge is 0.125 e. The third kappa shape index (κ3) is 2.70. The molecule has 4 rings (SSSR count). The Bertz CT molecular complexity index is 1110. The van der Waals surface area contributed by atoms with Gasteiger partial charge in [-0.25, -0.2) is 0 Å². The molecule has 0 atom stereocenters. The van der Waals surface area contributed by atoms with Crippen LogP contribution in [-0.2, 0) is 13.5 Å². The van der Waals surface area contributed by atoms with Crippen molar-refractivity contribution < 1.29 is 10.2 Å². The molecule has 2 N–H and O–H groups in total. The van der Waals surface area contributed by atoms with Crippen LogP contribution in [0.4, 0.5) is 0 Å². The zero-order valence-electron chi connectivity index (χ0n) is 14.5. The Morgan fingerprint density at radius 2 is 1.77 bits per heavy atom. The summed E-state index contributed by atoms with van der Waals surface area (Å²) in [5, 5.41) is 23.4. The van der Waals surface area contributed by atoms with Crippen LogP contribution in [-0.4, -0.2) is 21.4 Å². The molecule has 0 saturated heterocycles. The molecule has 4 aromatic rings. The van der Waals surface area contributed by atoms with Crippen molar-refractivity contribution in [3.63, 3.8) is 0 Å². The van der Waals surface area contributed by atoms with E-state index < -0.39 is 0 Å². The number of para-hydroxylation sites is 1. The Balaban J connectivity index is 2.12. The summed E-state index contributed by atoms with van der Waals surface area (Å²) in [6.07, 6.45) is 1.45. The zero-order valence-corrected chi connectivity index (χ0v) is 16.1. The fraction of sp³-hybridized carbons (Fsp3) is 0.182. The Morgan fingerprint density at radius 1 is 1.00 bits per heavy atom. The maximum atomic E-state index is 10.8. The molecule has 0 amide bonds. The van der Waals surface area contributed by atoms with Crippen LogP contribution < -0.4 is 0 Å². The van der Waals surface area contributed by atoms with Crippen LogP contribution in [0.25, 0.3) is 32.9 Å². The summed E-state index contributed by atoms with van der Waals surface area (Å²) in [5.74, 6) is 0.270. The number of nitrogens with zero attached hydrogens (tertiary/aromatic N) is 1. The van der Waals surface area contributed by atoms with Gasteiger partial charge in [0.05, 0.1) is 5.69 Å². The number of aromatic hydroxyl groups is 1. The summed E-state index contributed by atoms with van der Waals surface area (Å²) < 4.78 is 3.13. The lowest BCUT2D eigenvalue weighted by atomic mass is 9.96. The molecule has 0 saturated carbocycles. The highest BCUT2D eigenvalue weighted by Crippen LogP contribution is 2.42. The minimum Gasteiger partial charge on any atom is -0.507 e. The van der Waals surface area contributed by atoms with E-state index in [1.807, 2.05) is 31.3 Å². The van der Waals surface area contributed by atoms with E-state index >= 15 is 0 Å². The number of halogens is 1. The molecule has 0 unspecified atom stereocenters. The summed E-state index contributed by atoms with van der Waals surface area (Å²) in [7, 11) is 2.04. The van der Waals surface area contributed by atoms with E-state index in [0.29, 0.717) is 6.42 Å². The second-order valence-electron chi connectivity index (χ2n) is 6.56. The number of phenols is 1. The van der Waals surface area contributed by atoms with Crippen LogP contribution in [0.5, 0.6) is 5.75 Å². The fourth-order valence-electron chi connectivity index (χ4n) is 3.83. The van der Waals surface area contributed by atoms with Crippen molar-refractivity contribution in [3.8, 4) is 17.0 Å². The van der Waals surface area contributed by atoms with E-state index in [1.54, 1.807) is 6.07 Å². The molecule has 1 heterocycles. The molecule has 0 spiro atoms. The van der Waals surface area contributed by atoms with Crippen molar-refractivity contribution in [2.24, 2.45) is 7.05 Å². The molecule has 4 heteroatoms. The molecule has 132 valence electrons. The zero-order chi connectivity index (χ0) is 18.3. The first kappa shape index (κ1) is 17.1. The number of fused-ring (bicyclic) bond motifs is 2. The first-order valence-corrected chi connectivity index (χ1v) is 9.50. The van der Waals surface area contributed by atoms with Crippen LogP contribution in [0.1, 0.15) is 12.0 Å². The van der Waals surface area contributed by atoms with Crippen LogP contribution >= 0.6 is 15.9 Å². The molecule has 0 aliphatic rings. The SMILES string of the molecule is Cn1c(-c2c(O)ccc3ccc(Br)cc23)c(CCCO)c2ccccc21. The molecule has 0 bridgehead atoms. The van der Waals surface area contributed by atoms with Gasteiger partial charge in [-0.2, -0.15) is 0 Å². The Labute approximate surface area is 160 Å². The van der Waals surface area contributed by atoms with Gasteiger partial charge in [0, 0.05) is 34.6 Å². The predicted octanol–water partition coefficient (Wildman–Crippen LogP) is 5.39. The van der Waals surface area contributed by atoms with E-state index in [0.717, 1.165) is 38.4 Å². The molecule has 0 aliphatic heterocycles. The molecule has 0 fully saturated rings. The monoisotopic (exact) mass is 409 g/mol. The molecule has 3 aromatic carbocycles. The van der Waals surface area contributed by atoms with E-state index in [2.05, 4.69) is 44.8 Å². The number of hydrogen-bond donors (Lipinski definition) is 2. The third-order valence-electron chi connectivity index (χ3n) is 5.00. The normalized spacial score (nSPS) is 11.5. The number of aliphatic hydroxyl groups is 1. The third-order valence-corrected chi connectivity index (χ3v) is 5.49. The average Bonchev–Trinajstić information content (AvgIpc) is 2.92. The largest absolute Gasteiger partial charge is 0.507 e. The van der Waals surface area contributed by atoms with Crippen molar-refractivity contribution in [2.75, 3.05) is 6.61 Å². The van der Waals surface area contributed by atoms with Gasteiger partial charge in [-0.15, -0.1) is 0 Å². The van der Waals surface area contributed by atoms with Crippen molar-refractivity contribution in [1.82, 2.24) is 4.57 Å². The molecular weight excluding hydrogens is 390 g/mol. The van der Waals surface area contributed by atoms with Crippen LogP contribution in [0, 0.1) is 0 Å². The number of phenolic OH excluding ortho intramolecular Hbond substituents is 1. The van der Waals surface area contributed by atoms with Gasteiger partial charge >= 0.3 is 0 Å². The number of aryl methyl sites for hydroxylation is 2. The van der Waals surface area contributed by atoms with E-state index in [1.165, 1.54) is 10.9 Å². The minimum absolute atomic E-state index is 0.149. The topological polar surface area (TPSA) is 45.4 Å². The second-order valence-corrected chi connectivity index (χ2v) is 7.47. The van der Waals surface area contributed by atoms with Gasteiger partial charge in [0.15, 0.2) is 0 Å². The quantitative estimate of drug-likeness (QED) is 0.474. The van der Waals surface area contributed by atoms with Crippen molar-refractivity contribution in [2.45, 2.75) is 12.8 Å². The highest BCUT2D eigenvalue weighted by atomic mass is 79.9. The molecule has 0 radical (unpaired) electrons. The highest BCUT2D eigenvalue weighted by molar-refractivity contribution is 9.10. The van der Waals surface area contributed by atoms with E-state index in [9.17, 15) is 10.2 Å². The fourth-order valence-corrected chi connectivity index (χ4v) is 4.19. The lowest BCUT2D eigenvalue weighted by Crippen LogP contribution is -1.97. The summed E-state index contributed by atoms with van der Waals surface area (Å²) in [5.41, 5.74) is 4.15. The van der Waals surface area contributed by atoms with Crippen LogP contribution in [0.15, 0.2) is 59.1 Å². The van der Waals surface area contributed by atoms with Gasteiger partial charge in [0.1, 0.15) is 5.75 Å². The highest BCUT2D eigenvalue weighted by Gasteiger charge is 2.20. The number of aromatic nitrogens is 1. The Hall–Kier alpha value is -2.30. The standard InChI is InChI=1S/C22H20BrNO2/c1-24-19-7-3-2-5-16(19)17(6-4-12-25)22(24)21-18-13-15(23)10-8-14(18)9-11-20(21)26/h2-3,5,7-11,13,25-26H,4,6,12H2,1H3. The molecule has 3 nitrogen and oxygen atoms in total. The molecule has 1 aromatic heterocycles. The van der Waals surface area contributed by atoms with E-state index in [4.69, 9.17) is 0 Å². The van der Waals surface area contributed by atoms with Gasteiger partial charge in [0.2, 0.25) is 0 Å². The lowest BCUT2D eigenvalue weighted by Gasteiger charge is -2.14. The molecular formula is C22H20BrNO2. The summed E-state index contributed by atoms with van der Waals surface area (Å²) >= 11 is 3.56.